The van der Waals surface area contributed by atoms with Crippen LogP contribution >= 0.6 is 0 Å². The molecular weight excluding hydrogens is 264 g/mol. The van der Waals surface area contributed by atoms with Gasteiger partial charge in [-0.3, -0.25) is 9.59 Å². The molecule has 1 N–H and O–H groups in total. The molecule has 1 aliphatic heterocycles. The molecule has 4 heteroatoms. The second kappa shape index (κ2) is 6.37. The predicted molar refractivity (Wildman–Crippen MR) is 83.8 cm³/mol. The Morgan fingerprint density at radius 3 is 2.38 bits per heavy atom. The van der Waals surface area contributed by atoms with E-state index in [1.165, 1.54) is 32.1 Å². The number of carbonyl (C=O) groups excluding carboxylic acids is 2. The van der Waals surface area contributed by atoms with Crippen LogP contribution in [0.15, 0.2) is 0 Å². The van der Waals surface area contributed by atoms with Gasteiger partial charge < -0.3 is 10.2 Å². The van der Waals surface area contributed by atoms with Crippen molar-refractivity contribution in [3.05, 3.63) is 0 Å². The highest BCUT2D eigenvalue weighted by Gasteiger charge is 2.43. The number of nitrogens with zero attached hydrogens (tertiary/aromatic N) is 1. The number of piperazine rings is 1. The maximum Gasteiger partial charge on any atom is 0.246 e. The lowest BCUT2D eigenvalue weighted by molar-refractivity contribution is -0.152. The molecule has 1 saturated heterocycles. The summed E-state index contributed by atoms with van der Waals surface area (Å²) < 4.78 is 0. The zero-order chi connectivity index (χ0) is 15.6. The Labute approximate surface area is 128 Å². The van der Waals surface area contributed by atoms with Crippen LogP contribution in [0.4, 0.5) is 0 Å². The summed E-state index contributed by atoms with van der Waals surface area (Å²) in [6.45, 7) is 9.00. The van der Waals surface area contributed by atoms with Gasteiger partial charge in [-0.15, -0.1) is 0 Å². The van der Waals surface area contributed by atoms with Crippen LogP contribution < -0.4 is 5.32 Å². The minimum absolute atomic E-state index is 0.0233. The molecule has 2 aliphatic rings. The summed E-state index contributed by atoms with van der Waals surface area (Å²) in [4.78, 5) is 27.0. The first kappa shape index (κ1) is 16.3. The SMILES string of the molecule is CCC1C(=O)NC(C(C)C)C(=O)N1CC1(C)CCCCC1. The van der Waals surface area contributed by atoms with Crippen LogP contribution in [0.5, 0.6) is 0 Å². The van der Waals surface area contributed by atoms with Crippen molar-refractivity contribution in [2.75, 3.05) is 6.54 Å². The molecule has 0 bridgehead atoms. The zero-order valence-corrected chi connectivity index (χ0v) is 13.9. The lowest BCUT2D eigenvalue weighted by Gasteiger charge is -2.45. The van der Waals surface area contributed by atoms with Gasteiger partial charge in [0.05, 0.1) is 0 Å². The van der Waals surface area contributed by atoms with Gasteiger partial charge in [0.25, 0.3) is 0 Å². The second-order valence-corrected chi connectivity index (χ2v) is 7.49. The van der Waals surface area contributed by atoms with Crippen molar-refractivity contribution in [1.82, 2.24) is 10.2 Å². The van der Waals surface area contributed by atoms with E-state index in [4.69, 9.17) is 0 Å². The Balaban J connectivity index is 2.19. The summed E-state index contributed by atoms with van der Waals surface area (Å²) in [6, 6.07) is -0.640. The Morgan fingerprint density at radius 2 is 1.86 bits per heavy atom. The second-order valence-electron chi connectivity index (χ2n) is 7.49. The average molecular weight is 294 g/mol. The molecule has 2 rings (SSSR count). The average Bonchev–Trinajstić information content (AvgIpc) is 2.43. The highest BCUT2D eigenvalue weighted by Crippen LogP contribution is 2.37. The van der Waals surface area contributed by atoms with Crippen LogP contribution in [0.1, 0.15) is 66.2 Å². The minimum atomic E-state index is -0.354. The van der Waals surface area contributed by atoms with Crippen molar-refractivity contribution in [3.8, 4) is 0 Å². The fourth-order valence-corrected chi connectivity index (χ4v) is 3.81. The largest absolute Gasteiger partial charge is 0.342 e. The Bertz CT molecular complexity index is 400. The Morgan fingerprint density at radius 1 is 1.24 bits per heavy atom. The number of hydrogen-bond donors (Lipinski definition) is 1. The van der Waals surface area contributed by atoms with Crippen LogP contribution in [0.2, 0.25) is 0 Å². The molecule has 120 valence electrons. The number of carbonyl (C=O) groups is 2. The summed E-state index contributed by atoms with van der Waals surface area (Å²) in [5.74, 6) is 0.277. The van der Waals surface area contributed by atoms with E-state index in [-0.39, 0.29) is 35.2 Å². The minimum Gasteiger partial charge on any atom is -0.342 e. The number of rotatable bonds is 4. The normalized spacial score (nSPS) is 29.7. The van der Waals surface area contributed by atoms with Crippen LogP contribution in [0.3, 0.4) is 0 Å². The molecule has 0 aromatic carbocycles. The molecule has 2 amide bonds. The third-order valence-corrected chi connectivity index (χ3v) is 5.19. The van der Waals surface area contributed by atoms with E-state index in [1.54, 1.807) is 0 Å². The summed E-state index contributed by atoms with van der Waals surface area (Å²) in [5.41, 5.74) is 0.181. The van der Waals surface area contributed by atoms with Crippen molar-refractivity contribution < 1.29 is 9.59 Å². The molecule has 1 saturated carbocycles. The molecule has 21 heavy (non-hydrogen) atoms. The smallest absolute Gasteiger partial charge is 0.246 e. The highest BCUT2D eigenvalue weighted by atomic mass is 16.2. The number of nitrogens with one attached hydrogen (secondary N) is 1. The van der Waals surface area contributed by atoms with Crippen molar-refractivity contribution >= 4 is 11.8 Å². The lowest BCUT2D eigenvalue weighted by Crippen LogP contribution is -2.65. The van der Waals surface area contributed by atoms with Gasteiger partial charge in [-0.1, -0.05) is 47.0 Å². The van der Waals surface area contributed by atoms with Crippen LogP contribution in [-0.2, 0) is 9.59 Å². The molecule has 0 aromatic heterocycles. The lowest BCUT2D eigenvalue weighted by atomic mass is 9.75. The Hall–Kier alpha value is -1.06. The zero-order valence-electron chi connectivity index (χ0n) is 13.9. The van der Waals surface area contributed by atoms with E-state index in [0.29, 0.717) is 6.42 Å². The van der Waals surface area contributed by atoms with Gasteiger partial charge in [-0.25, -0.2) is 0 Å². The van der Waals surface area contributed by atoms with Gasteiger partial charge in [-0.05, 0) is 30.6 Å². The van der Waals surface area contributed by atoms with E-state index < -0.39 is 0 Å². The molecule has 1 heterocycles. The maximum atomic E-state index is 12.8. The molecule has 0 radical (unpaired) electrons. The number of hydrogen-bond acceptors (Lipinski definition) is 2. The molecule has 2 atom stereocenters. The predicted octanol–water partition coefficient (Wildman–Crippen LogP) is 2.72. The Kier molecular flexibility index (Phi) is 4.95. The van der Waals surface area contributed by atoms with E-state index in [9.17, 15) is 9.59 Å². The van der Waals surface area contributed by atoms with E-state index >= 15 is 0 Å². The van der Waals surface area contributed by atoms with Crippen LogP contribution in [0, 0.1) is 11.3 Å². The van der Waals surface area contributed by atoms with Crippen molar-refractivity contribution in [2.24, 2.45) is 11.3 Å². The van der Waals surface area contributed by atoms with E-state index in [1.807, 2.05) is 25.7 Å². The molecule has 0 aromatic rings. The summed E-state index contributed by atoms with van der Waals surface area (Å²) >= 11 is 0. The monoisotopic (exact) mass is 294 g/mol. The molecule has 1 aliphatic carbocycles. The van der Waals surface area contributed by atoms with Crippen LogP contribution in [-0.4, -0.2) is 35.3 Å². The molecule has 4 nitrogen and oxygen atoms in total. The molecule has 2 unspecified atom stereocenters. The van der Waals surface area contributed by atoms with Gasteiger partial charge in [-0.2, -0.15) is 0 Å². The molecule has 0 spiro atoms. The summed E-state index contributed by atoms with van der Waals surface area (Å²) in [7, 11) is 0. The first-order valence-electron chi connectivity index (χ1n) is 8.49. The van der Waals surface area contributed by atoms with Gasteiger partial charge in [0.15, 0.2) is 0 Å². The third kappa shape index (κ3) is 3.41. The fourth-order valence-electron chi connectivity index (χ4n) is 3.81. The van der Waals surface area contributed by atoms with E-state index in [2.05, 4.69) is 12.2 Å². The van der Waals surface area contributed by atoms with Crippen molar-refractivity contribution in [1.29, 1.82) is 0 Å². The van der Waals surface area contributed by atoms with Gasteiger partial charge in [0.2, 0.25) is 11.8 Å². The molecular formula is C17H30N2O2. The summed E-state index contributed by atoms with van der Waals surface area (Å²) in [6.07, 6.45) is 6.82. The van der Waals surface area contributed by atoms with E-state index in [0.717, 1.165) is 6.54 Å². The molecule has 2 fully saturated rings. The number of amides is 2. The van der Waals surface area contributed by atoms with Crippen molar-refractivity contribution in [2.45, 2.75) is 78.3 Å². The highest BCUT2D eigenvalue weighted by molar-refractivity contribution is 5.97. The quantitative estimate of drug-likeness (QED) is 0.866. The standard InChI is InChI=1S/C17H30N2O2/c1-5-13-15(20)18-14(12(2)3)16(21)19(13)11-17(4)9-7-6-8-10-17/h12-14H,5-11H2,1-4H3,(H,18,20). The maximum absolute atomic E-state index is 12.8. The fraction of sp³-hybridized carbons (Fsp3) is 0.882. The first-order valence-corrected chi connectivity index (χ1v) is 8.49. The van der Waals surface area contributed by atoms with Gasteiger partial charge in [0.1, 0.15) is 12.1 Å². The first-order chi connectivity index (χ1) is 9.88. The van der Waals surface area contributed by atoms with Gasteiger partial charge in [0, 0.05) is 6.54 Å². The third-order valence-electron chi connectivity index (χ3n) is 5.19. The van der Waals surface area contributed by atoms with Crippen molar-refractivity contribution in [3.63, 3.8) is 0 Å². The summed E-state index contributed by atoms with van der Waals surface area (Å²) in [5, 5.41) is 2.92. The van der Waals surface area contributed by atoms with Crippen LogP contribution in [0.25, 0.3) is 0 Å². The van der Waals surface area contributed by atoms with Gasteiger partial charge >= 0.3 is 0 Å². The topological polar surface area (TPSA) is 49.4 Å².